The normalized spacial score (nSPS) is 15.6. The van der Waals surface area contributed by atoms with Crippen LogP contribution in [0.4, 0.5) is 0 Å². The molecule has 0 radical (unpaired) electrons. The van der Waals surface area contributed by atoms with Crippen LogP contribution in [-0.2, 0) is 0 Å². The lowest BCUT2D eigenvalue weighted by Gasteiger charge is -2.20. The molecule has 0 aliphatic heterocycles. The second-order valence-electron chi connectivity index (χ2n) is 10.7. The summed E-state index contributed by atoms with van der Waals surface area (Å²) in [4.78, 5) is 4.41. The van der Waals surface area contributed by atoms with Crippen LogP contribution in [0.3, 0.4) is 0 Å². The molecule has 0 aliphatic rings. The Balaban J connectivity index is 1.46. The molecule has 1 aromatic heterocycles. The van der Waals surface area contributed by atoms with Gasteiger partial charge in [-0.25, -0.2) is 4.98 Å². The molecule has 8 aromatic carbocycles. The average Bonchev–Trinajstić information content (AvgIpc) is 3.60. The zero-order valence-electron chi connectivity index (χ0n) is 34.2. The van der Waals surface area contributed by atoms with E-state index in [1.165, 1.54) is 0 Å². The van der Waals surface area contributed by atoms with Crippen molar-refractivity contribution in [1.82, 2.24) is 9.55 Å². The summed E-state index contributed by atoms with van der Waals surface area (Å²) in [6.45, 7) is -2.54. The number of imidazole rings is 1. The summed E-state index contributed by atoms with van der Waals surface area (Å²) in [6, 6.07) is 27.8. The molecule has 206 valence electrons. The first kappa shape index (κ1) is 16.2. The second-order valence-corrected chi connectivity index (χ2v) is 10.7. The van der Waals surface area contributed by atoms with Crippen LogP contribution >= 0.6 is 0 Å². The van der Waals surface area contributed by atoms with Gasteiger partial charge in [0.25, 0.3) is 0 Å². The molecule has 9 aromatic rings. The van der Waals surface area contributed by atoms with Crippen molar-refractivity contribution in [2.24, 2.45) is 0 Å². The van der Waals surface area contributed by atoms with E-state index in [1.54, 1.807) is 53.1 Å². The molecule has 0 bridgehead atoms. The topological polar surface area (TPSA) is 17.8 Å². The molecule has 0 unspecified atom stereocenters. The highest BCUT2D eigenvalue weighted by molar-refractivity contribution is 6.25. The van der Waals surface area contributed by atoms with Crippen molar-refractivity contribution in [2.45, 2.75) is 6.85 Å². The number of fused-ring (bicyclic) bond motifs is 6. The Kier molecular flexibility index (Phi) is 3.56. The highest BCUT2D eigenvalue weighted by Gasteiger charge is 2.19. The Hall–Kier alpha value is -5.73. The molecule has 0 saturated carbocycles. The third-order valence-corrected chi connectivity index (χ3v) is 8.39. The van der Waals surface area contributed by atoms with E-state index in [0.29, 0.717) is 27.8 Å². The summed E-state index contributed by atoms with van der Waals surface area (Å²) in [5.74, 6) is -0.132. The van der Waals surface area contributed by atoms with Crippen LogP contribution in [0.1, 0.15) is 20.9 Å². The highest BCUT2D eigenvalue weighted by atomic mass is 15.1. The third-order valence-electron chi connectivity index (χ3n) is 8.39. The molecular formula is C42H28N2. The minimum Gasteiger partial charge on any atom is -0.297 e. The number of aryl methyl sites for hydroxylation is 1. The Morgan fingerprint density at radius 2 is 1.16 bits per heavy atom. The van der Waals surface area contributed by atoms with Gasteiger partial charge in [-0.15, -0.1) is 0 Å². The molecule has 2 heteroatoms. The predicted octanol–water partition coefficient (Wildman–Crippen LogP) is 11.3. The first-order valence-corrected chi connectivity index (χ1v) is 14.2. The molecule has 0 spiro atoms. The lowest BCUT2D eigenvalue weighted by molar-refractivity contribution is 1.00. The van der Waals surface area contributed by atoms with Crippen LogP contribution in [0.2, 0.25) is 0 Å². The molecule has 0 fully saturated rings. The smallest absolute Gasteiger partial charge is 0.111 e. The summed E-state index contributed by atoms with van der Waals surface area (Å²) in [7, 11) is 0. The molecule has 2 nitrogen and oxygen atoms in total. The molecule has 0 aliphatic carbocycles. The zero-order chi connectivity index (χ0) is 38.7. The number of hydrogen-bond donors (Lipinski definition) is 0. The lowest BCUT2D eigenvalue weighted by Crippen LogP contribution is -1.97. The van der Waals surface area contributed by atoms with E-state index in [2.05, 4.69) is 4.98 Å². The SMILES string of the molecule is [2H]c1c([2H])c([2H])c2c(-c3cc4ccccc4c4ccccc34)c3c([2H])c([2H])c([2H])c([2H])c3c(-c3ccc(-n4c(C([2H])([2H])[2H])nc5ccccc54)cc3)c2c1[2H]. The fourth-order valence-electron chi connectivity index (χ4n) is 6.51. The maximum absolute atomic E-state index is 9.38. The van der Waals surface area contributed by atoms with Crippen LogP contribution in [0.5, 0.6) is 0 Å². The fraction of sp³-hybridized carbons (Fsp3) is 0.0238. The number of nitrogens with zero attached hydrogens (tertiary/aromatic N) is 2. The quantitative estimate of drug-likeness (QED) is 0.152. The van der Waals surface area contributed by atoms with Gasteiger partial charge >= 0.3 is 0 Å². The van der Waals surface area contributed by atoms with E-state index in [4.69, 9.17) is 9.60 Å². The second kappa shape index (κ2) is 9.65. The maximum atomic E-state index is 9.38. The molecule has 0 amide bonds. The monoisotopic (exact) mass is 571 g/mol. The van der Waals surface area contributed by atoms with E-state index in [-0.39, 0.29) is 62.7 Å². The van der Waals surface area contributed by atoms with Crippen molar-refractivity contribution in [3.8, 4) is 27.9 Å². The van der Waals surface area contributed by atoms with E-state index >= 15 is 0 Å². The van der Waals surface area contributed by atoms with Gasteiger partial charge in [-0.1, -0.05) is 121 Å². The molecule has 44 heavy (non-hydrogen) atoms. The molecule has 1 heterocycles. The molecular weight excluding hydrogens is 532 g/mol. The standard InChI is InChI=1S/C42H28N2/c1-27-43-39-20-10-11-21-40(39)44(27)30-24-22-28(23-25-30)41-34-16-6-8-18-36(34)42(37-19-9-7-17-35(37)41)38-26-29-12-2-3-13-31(29)32-14-4-5-15-33(32)38/h2-26H,1H3/i1D3,6D,7D,8D,9D,16D,17D,18D,19D. The number of para-hydroxylation sites is 2. The van der Waals surface area contributed by atoms with E-state index in [1.807, 2.05) is 54.6 Å². The molecule has 0 N–H and O–H groups in total. The van der Waals surface area contributed by atoms with Gasteiger partial charge in [-0.3, -0.25) is 4.57 Å². The van der Waals surface area contributed by atoms with Crippen LogP contribution in [0, 0.1) is 6.85 Å². The van der Waals surface area contributed by atoms with Crippen molar-refractivity contribution < 1.29 is 15.1 Å². The van der Waals surface area contributed by atoms with Gasteiger partial charge in [0.2, 0.25) is 0 Å². The van der Waals surface area contributed by atoms with Gasteiger partial charge in [-0.05, 0) is 103 Å². The van der Waals surface area contributed by atoms with Crippen LogP contribution in [0.15, 0.2) is 151 Å². The fourth-order valence-corrected chi connectivity index (χ4v) is 6.51. The predicted molar refractivity (Wildman–Crippen MR) is 187 cm³/mol. The highest BCUT2D eigenvalue weighted by Crippen LogP contribution is 2.46. The first-order chi connectivity index (χ1) is 26.3. The minimum atomic E-state index is -2.54. The van der Waals surface area contributed by atoms with Crippen LogP contribution in [0.25, 0.3) is 82.1 Å². The van der Waals surface area contributed by atoms with E-state index in [9.17, 15) is 5.48 Å². The molecule has 0 saturated heterocycles. The molecule has 0 atom stereocenters. The van der Waals surface area contributed by atoms with Gasteiger partial charge < -0.3 is 0 Å². The Bertz CT molecular complexity index is 3030. The van der Waals surface area contributed by atoms with Crippen molar-refractivity contribution in [3.63, 3.8) is 0 Å². The Labute approximate surface area is 270 Å². The number of aromatic nitrogens is 2. The van der Waals surface area contributed by atoms with Gasteiger partial charge in [-0.2, -0.15) is 0 Å². The lowest BCUT2D eigenvalue weighted by atomic mass is 9.84. The van der Waals surface area contributed by atoms with Gasteiger partial charge in [0.15, 0.2) is 0 Å². The van der Waals surface area contributed by atoms with Crippen LogP contribution in [-0.4, -0.2) is 9.55 Å². The Morgan fingerprint density at radius 3 is 1.86 bits per heavy atom. The summed E-state index contributed by atoms with van der Waals surface area (Å²) >= 11 is 0. The summed E-state index contributed by atoms with van der Waals surface area (Å²) < 4.78 is 98.9. The third kappa shape index (κ3) is 3.64. The van der Waals surface area contributed by atoms with Crippen molar-refractivity contribution in [2.75, 3.05) is 0 Å². The van der Waals surface area contributed by atoms with Crippen molar-refractivity contribution in [3.05, 3.63) is 157 Å². The summed E-state index contributed by atoms with van der Waals surface area (Å²) in [5, 5.41) is 3.87. The molecule has 9 rings (SSSR count). The minimum absolute atomic E-state index is 0.0970. The summed E-state index contributed by atoms with van der Waals surface area (Å²) in [5.41, 5.74) is 3.00. The van der Waals surface area contributed by atoms with Crippen molar-refractivity contribution in [1.29, 1.82) is 0 Å². The van der Waals surface area contributed by atoms with Gasteiger partial charge in [0, 0.05) is 9.80 Å². The largest absolute Gasteiger partial charge is 0.297 e. The number of rotatable bonds is 3. The number of benzene rings is 8. The zero-order valence-corrected chi connectivity index (χ0v) is 23.2. The Morgan fingerprint density at radius 1 is 0.568 bits per heavy atom. The summed E-state index contributed by atoms with van der Waals surface area (Å²) in [6.07, 6.45) is 0. The maximum Gasteiger partial charge on any atom is 0.111 e. The van der Waals surface area contributed by atoms with E-state index < -0.39 is 31.0 Å². The number of hydrogen-bond acceptors (Lipinski definition) is 1. The van der Waals surface area contributed by atoms with Crippen molar-refractivity contribution >= 4 is 54.1 Å². The first-order valence-electron chi connectivity index (χ1n) is 19.7. The van der Waals surface area contributed by atoms with E-state index in [0.717, 1.165) is 21.5 Å². The van der Waals surface area contributed by atoms with Gasteiger partial charge in [0.05, 0.1) is 22.0 Å². The average molecular weight is 572 g/mol. The van der Waals surface area contributed by atoms with Crippen LogP contribution < -0.4 is 0 Å². The van der Waals surface area contributed by atoms with Gasteiger partial charge in [0.1, 0.15) is 5.82 Å².